The van der Waals surface area contributed by atoms with E-state index in [-0.39, 0.29) is 48.6 Å². The van der Waals surface area contributed by atoms with Gasteiger partial charge in [-0.15, -0.1) is 11.3 Å². The summed E-state index contributed by atoms with van der Waals surface area (Å²) in [5, 5.41) is 3.14. The van der Waals surface area contributed by atoms with Crippen LogP contribution in [0.5, 0.6) is 0 Å². The van der Waals surface area contributed by atoms with Crippen LogP contribution in [-0.2, 0) is 9.53 Å². The third-order valence-electron chi connectivity index (χ3n) is 5.18. The molecule has 8 nitrogen and oxygen atoms in total. The fourth-order valence-electron chi connectivity index (χ4n) is 3.53. The minimum atomic E-state index is -0.566. The van der Waals surface area contributed by atoms with Crippen molar-refractivity contribution < 1.29 is 18.7 Å². The second kappa shape index (κ2) is 8.66. The van der Waals surface area contributed by atoms with E-state index in [4.69, 9.17) is 4.74 Å². The Labute approximate surface area is 195 Å². The van der Waals surface area contributed by atoms with Crippen LogP contribution >= 0.6 is 11.3 Å². The second-order valence-electron chi connectivity index (χ2n) is 9.21. The number of carbonyl (C=O) groups excluding carboxylic acids is 2. The smallest absolute Gasteiger partial charge is 0.313 e. The molecule has 1 N–H and O–H groups in total. The third-order valence-corrected chi connectivity index (χ3v) is 6.22. The van der Waals surface area contributed by atoms with Gasteiger partial charge in [0.1, 0.15) is 11.4 Å². The van der Waals surface area contributed by atoms with Crippen molar-refractivity contribution in [3.63, 3.8) is 0 Å². The van der Waals surface area contributed by atoms with Crippen LogP contribution < -0.4 is 5.32 Å². The first-order valence-electron chi connectivity index (χ1n) is 10.7. The Bertz CT molecular complexity index is 1220. The first-order chi connectivity index (χ1) is 15.5. The molecule has 0 bridgehead atoms. The van der Waals surface area contributed by atoms with Crippen LogP contribution in [0, 0.1) is 18.7 Å². The topological polar surface area (TPSA) is 97.3 Å². The SMILES string of the molecule is Cc1cc2nc(N[C@@H](C)c3cncc(F)c3)nc(C(=O)N3CC(C(=O)OC(C)(C)C)C3)c2s1. The highest BCUT2D eigenvalue weighted by molar-refractivity contribution is 7.19. The molecule has 1 amide bonds. The molecule has 0 aromatic carbocycles. The van der Waals surface area contributed by atoms with E-state index in [1.165, 1.54) is 17.4 Å². The molecule has 1 aliphatic rings. The molecule has 1 aliphatic heterocycles. The molecule has 4 rings (SSSR count). The summed E-state index contributed by atoms with van der Waals surface area (Å²) in [6.45, 7) is 9.81. The van der Waals surface area contributed by atoms with Crippen LogP contribution in [0.1, 0.15) is 54.7 Å². The molecule has 3 aromatic rings. The van der Waals surface area contributed by atoms with Crippen molar-refractivity contribution in [1.29, 1.82) is 0 Å². The summed E-state index contributed by atoms with van der Waals surface area (Å²) in [5.74, 6) is -1.06. The summed E-state index contributed by atoms with van der Waals surface area (Å²) in [4.78, 5) is 41.0. The van der Waals surface area contributed by atoms with E-state index in [0.29, 0.717) is 15.8 Å². The molecule has 174 valence electrons. The molecule has 0 saturated carbocycles. The van der Waals surface area contributed by atoms with E-state index in [1.54, 1.807) is 11.1 Å². The molecule has 10 heteroatoms. The number of anilines is 1. The second-order valence-corrected chi connectivity index (χ2v) is 10.5. The maximum absolute atomic E-state index is 13.6. The minimum Gasteiger partial charge on any atom is -0.460 e. The predicted octanol–water partition coefficient (Wildman–Crippen LogP) is 4.12. The molecule has 1 saturated heterocycles. The number of nitrogens with one attached hydrogen (secondary N) is 1. The lowest BCUT2D eigenvalue weighted by Crippen LogP contribution is -2.54. The van der Waals surface area contributed by atoms with Gasteiger partial charge in [-0.3, -0.25) is 14.6 Å². The molecule has 0 aliphatic carbocycles. The van der Waals surface area contributed by atoms with Gasteiger partial charge in [0.2, 0.25) is 5.95 Å². The van der Waals surface area contributed by atoms with Gasteiger partial charge in [-0.1, -0.05) is 0 Å². The number of halogens is 1. The van der Waals surface area contributed by atoms with Gasteiger partial charge in [0.25, 0.3) is 5.91 Å². The number of fused-ring (bicyclic) bond motifs is 1. The van der Waals surface area contributed by atoms with E-state index < -0.39 is 11.4 Å². The van der Waals surface area contributed by atoms with E-state index in [2.05, 4.69) is 20.3 Å². The van der Waals surface area contributed by atoms with Gasteiger partial charge in [0.05, 0.1) is 28.4 Å². The average Bonchev–Trinajstić information content (AvgIpc) is 3.04. The van der Waals surface area contributed by atoms with Crippen molar-refractivity contribution in [3.8, 4) is 0 Å². The zero-order valence-corrected chi connectivity index (χ0v) is 20.0. The predicted molar refractivity (Wildman–Crippen MR) is 124 cm³/mol. The standard InChI is InChI=1S/C23H26FN5O3S/c1-12-6-17-19(33-12)18(20(30)29-10-15(11-29)21(31)32-23(3,4)5)28-22(27-17)26-13(2)14-7-16(24)9-25-8-14/h6-9,13,15H,10-11H2,1-5H3,(H,26,27,28)/t13-/m0/s1. The van der Waals surface area contributed by atoms with Crippen molar-refractivity contribution in [2.75, 3.05) is 18.4 Å². The highest BCUT2D eigenvalue weighted by atomic mass is 32.1. The number of pyridine rings is 1. The van der Waals surface area contributed by atoms with Gasteiger partial charge in [0, 0.05) is 24.2 Å². The molecule has 0 radical (unpaired) electrons. The largest absolute Gasteiger partial charge is 0.460 e. The van der Waals surface area contributed by atoms with Gasteiger partial charge in [0.15, 0.2) is 5.69 Å². The number of hydrogen-bond acceptors (Lipinski definition) is 8. The summed E-state index contributed by atoms with van der Waals surface area (Å²) >= 11 is 1.45. The fraction of sp³-hybridized carbons (Fsp3) is 0.435. The first kappa shape index (κ1) is 23.0. The van der Waals surface area contributed by atoms with Gasteiger partial charge in [-0.2, -0.15) is 0 Å². The minimum absolute atomic E-state index is 0.257. The van der Waals surface area contributed by atoms with Gasteiger partial charge in [-0.25, -0.2) is 14.4 Å². The number of ether oxygens (including phenoxy) is 1. The van der Waals surface area contributed by atoms with Crippen LogP contribution in [0.3, 0.4) is 0 Å². The zero-order chi connectivity index (χ0) is 23.9. The highest BCUT2D eigenvalue weighted by Crippen LogP contribution is 2.31. The lowest BCUT2D eigenvalue weighted by atomic mass is 9.99. The van der Waals surface area contributed by atoms with E-state index in [9.17, 15) is 14.0 Å². The highest BCUT2D eigenvalue weighted by Gasteiger charge is 2.39. The quantitative estimate of drug-likeness (QED) is 0.559. The number of nitrogens with zero attached hydrogens (tertiary/aromatic N) is 4. The van der Waals surface area contributed by atoms with Crippen molar-refractivity contribution in [3.05, 3.63) is 46.5 Å². The third kappa shape index (κ3) is 5.11. The number of likely N-dealkylation sites (tertiary alicyclic amines) is 1. The Morgan fingerprint density at radius 3 is 2.64 bits per heavy atom. The first-order valence-corrected chi connectivity index (χ1v) is 11.5. The number of hydrogen-bond donors (Lipinski definition) is 1. The molecule has 1 fully saturated rings. The van der Waals surface area contributed by atoms with Crippen molar-refractivity contribution in [2.24, 2.45) is 5.92 Å². The molecule has 0 spiro atoms. The monoisotopic (exact) mass is 471 g/mol. The maximum Gasteiger partial charge on any atom is 0.313 e. The van der Waals surface area contributed by atoms with Crippen LogP contribution in [0.4, 0.5) is 10.3 Å². The summed E-state index contributed by atoms with van der Waals surface area (Å²) in [6, 6.07) is 2.97. The molecular weight excluding hydrogens is 445 g/mol. The van der Waals surface area contributed by atoms with E-state index in [1.807, 2.05) is 40.7 Å². The number of rotatable bonds is 5. The summed E-state index contributed by atoms with van der Waals surface area (Å²) in [5.41, 5.74) is 1.01. The Kier molecular flexibility index (Phi) is 6.04. The van der Waals surface area contributed by atoms with Gasteiger partial charge < -0.3 is 15.0 Å². The number of aromatic nitrogens is 3. The summed E-state index contributed by atoms with van der Waals surface area (Å²) in [6.07, 6.45) is 2.71. The summed E-state index contributed by atoms with van der Waals surface area (Å²) in [7, 11) is 0. The van der Waals surface area contributed by atoms with Crippen LogP contribution in [0.25, 0.3) is 10.2 Å². The maximum atomic E-state index is 13.6. The number of carbonyl (C=O) groups is 2. The Morgan fingerprint density at radius 2 is 1.97 bits per heavy atom. The van der Waals surface area contributed by atoms with Crippen molar-refractivity contribution in [2.45, 2.75) is 46.3 Å². The average molecular weight is 472 g/mol. The molecular formula is C23H26FN5O3S. The van der Waals surface area contributed by atoms with E-state index in [0.717, 1.165) is 11.1 Å². The van der Waals surface area contributed by atoms with E-state index >= 15 is 0 Å². The normalized spacial score (nSPS) is 15.3. The van der Waals surface area contributed by atoms with Crippen molar-refractivity contribution >= 4 is 39.4 Å². The molecule has 0 unspecified atom stereocenters. The number of thiophene rings is 1. The lowest BCUT2D eigenvalue weighted by Gasteiger charge is -2.38. The Hall–Kier alpha value is -3.14. The number of aryl methyl sites for hydroxylation is 1. The van der Waals surface area contributed by atoms with Crippen molar-refractivity contribution in [1.82, 2.24) is 19.9 Å². The molecule has 33 heavy (non-hydrogen) atoms. The molecule has 3 aromatic heterocycles. The fourth-order valence-corrected chi connectivity index (χ4v) is 4.46. The van der Waals surface area contributed by atoms with Crippen LogP contribution in [0.2, 0.25) is 0 Å². The summed E-state index contributed by atoms with van der Waals surface area (Å²) < 4.78 is 19.7. The number of amides is 1. The molecule has 1 atom stereocenters. The van der Waals surface area contributed by atoms with Crippen LogP contribution in [0.15, 0.2) is 24.5 Å². The lowest BCUT2D eigenvalue weighted by molar-refractivity contribution is -0.164. The number of esters is 1. The van der Waals surface area contributed by atoms with Gasteiger partial charge >= 0.3 is 5.97 Å². The Morgan fingerprint density at radius 1 is 1.24 bits per heavy atom. The Balaban J connectivity index is 1.55. The van der Waals surface area contributed by atoms with Crippen LogP contribution in [-0.4, -0.2) is 50.4 Å². The zero-order valence-electron chi connectivity index (χ0n) is 19.2. The molecule has 4 heterocycles. The van der Waals surface area contributed by atoms with Gasteiger partial charge in [-0.05, 0) is 52.3 Å².